The first-order valence-electron chi connectivity index (χ1n) is 13.6. The van der Waals surface area contributed by atoms with E-state index in [4.69, 9.17) is 22.1 Å². The molecule has 2 heterocycles. The molecule has 0 aliphatic carbocycles. The molecule has 3 unspecified atom stereocenters. The van der Waals surface area contributed by atoms with Crippen LogP contribution in [0.2, 0.25) is 5.02 Å². The van der Waals surface area contributed by atoms with Crippen LogP contribution >= 0.6 is 11.6 Å². The zero-order valence-electron chi connectivity index (χ0n) is 23.5. The van der Waals surface area contributed by atoms with Gasteiger partial charge in [0.2, 0.25) is 5.91 Å². The Labute approximate surface area is 254 Å². The molecule has 3 atom stereocenters. The van der Waals surface area contributed by atoms with Crippen molar-refractivity contribution in [3.8, 4) is 5.75 Å². The van der Waals surface area contributed by atoms with Gasteiger partial charge in [0.1, 0.15) is 17.6 Å². The average Bonchev–Trinajstić information content (AvgIpc) is 3.46. The number of fused-ring (bicyclic) bond motifs is 1. The Hall–Kier alpha value is -4.35. The molecular weight excluding hydrogens is 592 g/mol. The lowest BCUT2D eigenvalue weighted by Crippen LogP contribution is -2.39. The molecule has 5 rings (SSSR count). The predicted molar refractivity (Wildman–Crippen MR) is 165 cm³/mol. The highest BCUT2D eigenvalue weighted by atomic mass is 35.5. The summed E-state index contributed by atoms with van der Waals surface area (Å²) >= 11 is 6.30. The number of sulfone groups is 1. The van der Waals surface area contributed by atoms with Gasteiger partial charge in [0.15, 0.2) is 9.84 Å². The van der Waals surface area contributed by atoms with Gasteiger partial charge in [-0.1, -0.05) is 42.8 Å². The Bertz CT molecular complexity index is 1820. The molecule has 1 aromatic heterocycles. The van der Waals surface area contributed by atoms with E-state index in [9.17, 15) is 23.1 Å². The molecule has 1 amide bonds. The highest BCUT2D eigenvalue weighted by Gasteiger charge is 2.45. The first-order chi connectivity index (χ1) is 20.6. The molecule has 0 radical (unpaired) electrons. The van der Waals surface area contributed by atoms with Crippen LogP contribution in [0.5, 0.6) is 5.75 Å². The third-order valence-corrected chi connectivity index (χ3v) is 9.93. The molecule has 4 N–H and O–H groups in total. The van der Waals surface area contributed by atoms with Crippen molar-refractivity contribution >= 4 is 55.6 Å². The van der Waals surface area contributed by atoms with Crippen molar-refractivity contribution in [1.82, 2.24) is 9.88 Å². The lowest BCUT2D eigenvalue weighted by atomic mass is 9.93. The van der Waals surface area contributed by atoms with E-state index in [1.165, 1.54) is 25.0 Å². The standard InChI is InChI=1S/C31H31ClN4O6S/c1-3-43(40,41)26-7-5-4-6-22(26)28-23(31(38)39)13-15-36(28)30(37)27(19-8-11-24(32)25(17-19)42-2)35-20-9-10-21-18(16-20)12-14-34-29(21)33/h4-12,14,16-17,23,27-28,35H,3,13,15H2,1-2H3,(H2,33,34)(H,38,39). The number of carboxylic acids is 1. The van der Waals surface area contributed by atoms with Gasteiger partial charge in [-0.25, -0.2) is 13.4 Å². The minimum absolute atomic E-state index is 0.0202. The third-order valence-electron chi connectivity index (χ3n) is 7.81. The number of nitrogens with zero attached hydrogens (tertiary/aromatic N) is 2. The van der Waals surface area contributed by atoms with Crippen LogP contribution in [-0.4, -0.2) is 54.7 Å². The van der Waals surface area contributed by atoms with Crippen molar-refractivity contribution in [3.05, 3.63) is 89.1 Å². The molecule has 224 valence electrons. The monoisotopic (exact) mass is 622 g/mol. The maximum atomic E-state index is 14.6. The number of halogens is 1. The highest BCUT2D eigenvalue weighted by Crippen LogP contribution is 2.42. The number of pyridine rings is 1. The number of nitrogen functional groups attached to an aromatic ring is 1. The Kier molecular flexibility index (Phi) is 8.48. The van der Waals surface area contributed by atoms with E-state index in [0.29, 0.717) is 27.8 Å². The van der Waals surface area contributed by atoms with Gasteiger partial charge in [0.05, 0.1) is 34.7 Å². The van der Waals surface area contributed by atoms with Crippen LogP contribution in [0.3, 0.4) is 0 Å². The number of ether oxygens (including phenoxy) is 1. The van der Waals surface area contributed by atoms with Crippen LogP contribution in [0.1, 0.15) is 36.6 Å². The van der Waals surface area contributed by atoms with Crippen molar-refractivity contribution < 1.29 is 27.9 Å². The van der Waals surface area contributed by atoms with Gasteiger partial charge in [0, 0.05) is 23.8 Å². The summed E-state index contributed by atoms with van der Waals surface area (Å²) in [5.74, 6) is -1.98. The van der Waals surface area contributed by atoms with Gasteiger partial charge in [0.25, 0.3) is 0 Å². The number of anilines is 2. The second-order valence-corrected chi connectivity index (χ2v) is 12.9. The Balaban J connectivity index is 1.62. The Morgan fingerprint density at radius 1 is 1.16 bits per heavy atom. The van der Waals surface area contributed by atoms with Gasteiger partial charge in [-0.2, -0.15) is 0 Å². The number of hydrogen-bond acceptors (Lipinski definition) is 8. The molecule has 12 heteroatoms. The zero-order valence-corrected chi connectivity index (χ0v) is 25.1. The van der Waals surface area contributed by atoms with Crippen LogP contribution in [0.25, 0.3) is 10.8 Å². The van der Waals surface area contributed by atoms with Gasteiger partial charge in [-0.05, 0) is 65.4 Å². The number of likely N-dealkylation sites (tertiary alicyclic amines) is 1. The first kappa shape index (κ1) is 30.1. The molecular formula is C31H31ClN4O6S. The van der Waals surface area contributed by atoms with Crippen LogP contribution in [0, 0.1) is 5.92 Å². The summed E-state index contributed by atoms with van der Waals surface area (Å²) in [6.45, 7) is 1.64. The van der Waals surface area contributed by atoms with E-state index >= 15 is 0 Å². The van der Waals surface area contributed by atoms with E-state index in [2.05, 4.69) is 10.3 Å². The van der Waals surface area contributed by atoms with E-state index in [1.807, 2.05) is 6.07 Å². The molecule has 1 aliphatic heterocycles. The molecule has 43 heavy (non-hydrogen) atoms. The number of hydrogen-bond donors (Lipinski definition) is 3. The number of aromatic nitrogens is 1. The quantitative estimate of drug-likeness (QED) is 0.231. The average molecular weight is 623 g/mol. The van der Waals surface area contributed by atoms with Crippen LogP contribution < -0.4 is 15.8 Å². The fraction of sp³-hybridized carbons (Fsp3) is 0.258. The minimum Gasteiger partial charge on any atom is -0.495 e. The molecule has 3 aromatic carbocycles. The van der Waals surface area contributed by atoms with Gasteiger partial charge >= 0.3 is 5.97 Å². The molecule has 1 aliphatic rings. The van der Waals surface area contributed by atoms with Crippen molar-refractivity contribution in [3.63, 3.8) is 0 Å². The molecule has 0 spiro atoms. The molecule has 0 saturated carbocycles. The second kappa shape index (κ2) is 12.1. The smallest absolute Gasteiger partial charge is 0.309 e. The second-order valence-electron chi connectivity index (χ2n) is 10.3. The Morgan fingerprint density at radius 3 is 2.65 bits per heavy atom. The number of aliphatic carboxylic acids is 1. The van der Waals surface area contributed by atoms with Crippen LogP contribution in [0.4, 0.5) is 11.5 Å². The minimum atomic E-state index is -3.72. The normalized spacial score (nSPS) is 17.5. The SMILES string of the molecule is CCS(=O)(=O)c1ccccc1C1C(C(=O)O)CCN1C(=O)C(Nc1ccc2c(N)nccc2c1)c1ccc(Cl)c(OC)c1. The number of carbonyl (C=O) groups excluding carboxylic acids is 1. The number of carboxylic acid groups (broad SMARTS) is 1. The molecule has 4 aromatic rings. The first-order valence-corrected chi connectivity index (χ1v) is 15.7. The number of carbonyl (C=O) groups is 2. The molecule has 10 nitrogen and oxygen atoms in total. The van der Waals surface area contributed by atoms with Gasteiger partial charge in [-0.15, -0.1) is 0 Å². The molecule has 1 saturated heterocycles. The fourth-order valence-electron chi connectivity index (χ4n) is 5.61. The maximum absolute atomic E-state index is 14.6. The van der Waals surface area contributed by atoms with E-state index < -0.39 is 39.7 Å². The van der Waals surface area contributed by atoms with Crippen molar-refractivity contribution in [1.29, 1.82) is 0 Å². The summed E-state index contributed by atoms with van der Waals surface area (Å²) < 4.78 is 31.5. The maximum Gasteiger partial charge on any atom is 0.309 e. The number of rotatable bonds is 9. The summed E-state index contributed by atoms with van der Waals surface area (Å²) in [6, 6.07) is 16.5. The number of nitrogens with one attached hydrogen (secondary N) is 1. The number of benzene rings is 3. The fourth-order valence-corrected chi connectivity index (χ4v) is 6.95. The third kappa shape index (κ3) is 5.82. The Morgan fingerprint density at radius 2 is 1.93 bits per heavy atom. The molecule has 1 fully saturated rings. The van der Waals surface area contributed by atoms with E-state index in [-0.39, 0.29) is 29.2 Å². The molecule has 0 bridgehead atoms. The van der Waals surface area contributed by atoms with E-state index in [0.717, 1.165) is 10.8 Å². The zero-order chi connectivity index (χ0) is 30.9. The van der Waals surface area contributed by atoms with Gasteiger partial charge < -0.3 is 25.8 Å². The predicted octanol–water partition coefficient (Wildman–Crippen LogP) is 5.10. The largest absolute Gasteiger partial charge is 0.495 e. The number of methoxy groups -OCH3 is 1. The van der Waals surface area contributed by atoms with Crippen LogP contribution in [0.15, 0.2) is 77.8 Å². The highest BCUT2D eigenvalue weighted by molar-refractivity contribution is 7.91. The summed E-state index contributed by atoms with van der Waals surface area (Å²) in [5, 5.41) is 15.4. The summed E-state index contributed by atoms with van der Waals surface area (Å²) in [4.78, 5) is 32.6. The topological polar surface area (TPSA) is 152 Å². The van der Waals surface area contributed by atoms with Crippen molar-refractivity contribution in [2.24, 2.45) is 5.92 Å². The van der Waals surface area contributed by atoms with Gasteiger partial charge in [-0.3, -0.25) is 9.59 Å². The summed E-state index contributed by atoms with van der Waals surface area (Å²) in [6.07, 6.45) is 1.75. The number of nitrogens with two attached hydrogens (primary N) is 1. The summed E-state index contributed by atoms with van der Waals surface area (Å²) in [5.41, 5.74) is 7.43. The lowest BCUT2D eigenvalue weighted by molar-refractivity contribution is -0.143. The van der Waals surface area contributed by atoms with E-state index in [1.54, 1.807) is 60.8 Å². The van der Waals surface area contributed by atoms with Crippen LogP contribution in [-0.2, 0) is 19.4 Å². The lowest BCUT2D eigenvalue weighted by Gasteiger charge is -2.32. The van der Waals surface area contributed by atoms with Crippen molar-refractivity contribution in [2.75, 3.05) is 30.5 Å². The van der Waals surface area contributed by atoms with Crippen molar-refractivity contribution in [2.45, 2.75) is 30.3 Å². The summed E-state index contributed by atoms with van der Waals surface area (Å²) in [7, 11) is -2.25. The number of amides is 1.